The number of halogens is 5. The minimum absolute atomic E-state index is 0.268. The van der Waals surface area contributed by atoms with E-state index in [1.165, 1.54) is 6.07 Å². The van der Waals surface area contributed by atoms with Crippen molar-refractivity contribution in [1.82, 2.24) is 4.98 Å². The monoisotopic (exact) mass is 332 g/mol. The van der Waals surface area contributed by atoms with Crippen LogP contribution < -0.4 is 10.1 Å². The van der Waals surface area contributed by atoms with Gasteiger partial charge in [0.15, 0.2) is 0 Å². The number of benzene rings is 1. The molecule has 1 heterocycles. The highest BCUT2D eigenvalue weighted by Crippen LogP contribution is 2.28. The molecule has 0 aliphatic carbocycles. The molecule has 0 radical (unpaired) electrons. The minimum Gasteiger partial charge on any atom is -0.488 e. The van der Waals surface area contributed by atoms with Gasteiger partial charge < -0.3 is 10.1 Å². The number of hydrogen-bond donors (Lipinski definition) is 1. The number of aromatic nitrogens is 1. The highest BCUT2D eigenvalue weighted by atomic mass is 19.4. The zero-order valence-corrected chi connectivity index (χ0v) is 11.8. The number of anilines is 1. The number of hydrogen-bond acceptors (Lipinski definition) is 3. The van der Waals surface area contributed by atoms with Crippen LogP contribution in [-0.2, 0) is 12.7 Å². The second kappa shape index (κ2) is 7.26. The van der Waals surface area contributed by atoms with Crippen molar-refractivity contribution in [3.8, 4) is 5.75 Å². The van der Waals surface area contributed by atoms with Crippen LogP contribution in [0.3, 0.4) is 0 Å². The van der Waals surface area contributed by atoms with E-state index in [4.69, 9.17) is 4.74 Å². The van der Waals surface area contributed by atoms with Gasteiger partial charge in [0.1, 0.15) is 18.2 Å². The Morgan fingerprint density at radius 3 is 2.52 bits per heavy atom. The second-order valence-electron chi connectivity index (χ2n) is 4.63. The van der Waals surface area contributed by atoms with Crippen molar-refractivity contribution < 1.29 is 26.7 Å². The summed E-state index contributed by atoms with van der Waals surface area (Å²) in [5, 5.41) is 2.85. The Labute approximate surface area is 129 Å². The van der Waals surface area contributed by atoms with Gasteiger partial charge in [-0.1, -0.05) is 12.1 Å². The molecule has 0 amide bonds. The minimum atomic E-state index is -4.43. The van der Waals surface area contributed by atoms with Gasteiger partial charge in [-0.05, 0) is 29.8 Å². The normalized spacial score (nSPS) is 11.6. The van der Waals surface area contributed by atoms with Crippen LogP contribution in [-0.4, -0.2) is 18.0 Å². The molecule has 1 aromatic heterocycles. The van der Waals surface area contributed by atoms with Crippen molar-refractivity contribution >= 4 is 5.82 Å². The highest BCUT2D eigenvalue weighted by molar-refractivity contribution is 5.38. The second-order valence-corrected chi connectivity index (χ2v) is 4.63. The first-order chi connectivity index (χ1) is 10.8. The molecular formula is C15H13F5N2O. The van der Waals surface area contributed by atoms with Gasteiger partial charge >= 0.3 is 6.18 Å². The van der Waals surface area contributed by atoms with Crippen molar-refractivity contribution in [3.63, 3.8) is 0 Å². The number of rotatable bonds is 6. The molecule has 0 unspecified atom stereocenters. The first kappa shape index (κ1) is 17.0. The molecule has 0 fully saturated rings. The van der Waals surface area contributed by atoms with Gasteiger partial charge in [0.2, 0.25) is 0 Å². The van der Waals surface area contributed by atoms with Gasteiger partial charge in [0.25, 0.3) is 6.43 Å². The van der Waals surface area contributed by atoms with Gasteiger partial charge in [-0.25, -0.2) is 13.8 Å². The Bertz CT molecular complexity index is 629. The Kier molecular flexibility index (Phi) is 5.36. The summed E-state index contributed by atoms with van der Waals surface area (Å²) in [5.41, 5.74) is -0.107. The summed E-state index contributed by atoms with van der Waals surface area (Å²) in [5.74, 6) is 0.571. The lowest BCUT2D eigenvalue weighted by Crippen LogP contribution is -2.08. The third-order valence-electron chi connectivity index (χ3n) is 2.84. The lowest BCUT2D eigenvalue weighted by Gasteiger charge is -2.10. The Morgan fingerprint density at radius 2 is 1.91 bits per heavy atom. The fourth-order valence-corrected chi connectivity index (χ4v) is 1.76. The highest BCUT2D eigenvalue weighted by Gasteiger charge is 2.30. The number of pyridine rings is 1. The standard InChI is InChI=1S/C15H13F5N2O/c16-13(17)9-23-12-3-1-2-10(6-12)7-21-14-5-4-11(8-22-14)15(18,19)20/h1-6,8,13H,7,9H2,(H,21,22). The van der Waals surface area contributed by atoms with Gasteiger partial charge in [-0.3, -0.25) is 0 Å². The van der Waals surface area contributed by atoms with Crippen molar-refractivity contribution in [2.24, 2.45) is 0 Å². The fourth-order valence-electron chi connectivity index (χ4n) is 1.76. The molecular weight excluding hydrogens is 319 g/mol. The zero-order chi connectivity index (χ0) is 16.9. The first-order valence-electron chi connectivity index (χ1n) is 6.61. The third-order valence-corrected chi connectivity index (χ3v) is 2.84. The molecule has 0 saturated heterocycles. The summed E-state index contributed by atoms with van der Waals surface area (Å²) >= 11 is 0. The maximum atomic E-state index is 12.4. The van der Waals surface area contributed by atoms with Crippen LogP contribution in [0.15, 0.2) is 42.6 Å². The van der Waals surface area contributed by atoms with E-state index >= 15 is 0 Å². The summed E-state index contributed by atoms with van der Waals surface area (Å²) < 4.78 is 66.3. The topological polar surface area (TPSA) is 34.1 Å². The van der Waals surface area contributed by atoms with Gasteiger partial charge in [0, 0.05) is 12.7 Å². The van der Waals surface area contributed by atoms with E-state index < -0.39 is 24.8 Å². The summed E-state index contributed by atoms with van der Waals surface area (Å²) in [4.78, 5) is 3.68. The van der Waals surface area contributed by atoms with Crippen LogP contribution in [0.25, 0.3) is 0 Å². The van der Waals surface area contributed by atoms with E-state index in [0.717, 1.165) is 17.8 Å². The molecule has 0 spiro atoms. The maximum Gasteiger partial charge on any atom is 0.417 e. The summed E-state index contributed by atoms with van der Waals surface area (Å²) in [6.07, 6.45) is -6.25. The number of nitrogens with zero attached hydrogens (tertiary/aromatic N) is 1. The molecule has 0 aliphatic heterocycles. The largest absolute Gasteiger partial charge is 0.488 e. The van der Waals surface area contributed by atoms with Gasteiger partial charge in [-0.15, -0.1) is 0 Å². The van der Waals surface area contributed by atoms with Crippen LogP contribution in [0.5, 0.6) is 5.75 Å². The molecule has 124 valence electrons. The van der Waals surface area contributed by atoms with Gasteiger partial charge in [0.05, 0.1) is 5.56 Å². The van der Waals surface area contributed by atoms with Gasteiger partial charge in [-0.2, -0.15) is 13.2 Å². The van der Waals surface area contributed by atoms with Crippen molar-refractivity contribution in [2.45, 2.75) is 19.1 Å². The smallest absolute Gasteiger partial charge is 0.417 e. The number of ether oxygens (including phenoxy) is 1. The lowest BCUT2D eigenvalue weighted by atomic mass is 10.2. The Morgan fingerprint density at radius 1 is 1.13 bits per heavy atom. The van der Waals surface area contributed by atoms with E-state index in [2.05, 4.69) is 10.3 Å². The summed E-state index contributed by atoms with van der Waals surface area (Å²) in [7, 11) is 0. The van der Waals surface area contributed by atoms with E-state index in [9.17, 15) is 22.0 Å². The molecule has 0 atom stereocenters. The molecule has 2 aromatic rings. The molecule has 1 aromatic carbocycles. The first-order valence-corrected chi connectivity index (χ1v) is 6.61. The maximum absolute atomic E-state index is 12.4. The van der Waals surface area contributed by atoms with E-state index in [0.29, 0.717) is 5.75 Å². The Hall–Kier alpha value is -2.38. The fraction of sp³-hybridized carbons (Fsp3) is 0.267. The predicted octanol–water partition coefficient (Wildman–Crippen LogP) is 4.36. The van der Waals surface area contributed by atoms with E-state index in [1.54, 1.807) is 24.3 Å². The van der Waals surface area contributed by atoms with Crippen molar-refractivity contribution in [1.29, 1.82) is 0 Å². The molecule has 0 bridgehead atoms. The third kappa shape index (κ3) is 5.39. The summed E-state index contributed by atoms with van der Waals surface area (Å²) in [6, 6.07) is 8.63. The molecule has 23 heavy (non-hydrogen) atoms. The molecule has 0 aliphatic rings. The Balaban J connectivity index is 1.94. The SMILES string of the molecule is FC(F)COc1cccc(CNc2ccc(C(F)(F)F)cn2)c1. The molecule has 2 rings (SSSR count). The van der Waals surface area contributed by atoms with Crippen LogP contribution in [0.4, 0.5) is 27.8 Å². The van der Waals surface area contributed by atoms with Crippen molar-refractivity contribution in [2.75, 3.05) is 11.9 Å². The molecule has 1 N–H and O–H groups in total. The van der Waals surface area contributed by atoms with Crippen LogP contribution >= 0.6 is 0 Å². The van der Waals surface area contributed by atoms with E-state index in [-0.39, 0.29) is 12.4 Å². The average molecular weight is 332 g/mol. The quantitative estimate of drug-likeness (QED) is 0.798. The van der Waals surface area contributed by atoms with E-state index in [1.807, 2.05) is 0 Å². The summed E-state index contributed by atoms with van der Waals surface area (Å²) in [6.45, 7) is -0.429. The van der Waals surface area contributed by atoms with Crippen LogP contribution in [0, 0.1) is 0 Å². The number of nitrogens with one attached hydrogen (secondary N) is 1. The van der Waals surface area contributed by atoms with Crippen molar-refractivity contribution in [3.05, 3.63) is 53.7 Å². The average Bonchev–Trinajstić information content (AvgIpc) is 2.51. The predicted molar refractivity (Wildman–Crippen MR) is 74.5 cm³/mol. The zero-order valence-electron chi connectivity index (χ0n) is 11.8. The lowest BCUT2D eigenvalue weighted by molar-refractivity contribution is -0.137. The molecule has 3 nitrogen and oxygen atoms in total. The van der Waals surface area contributed by atoms with Crippen LogP contribution in [0.1, 0.15) is 11.1 Å². The van der Waals surface area contributed by atoms with Crippen LogP contribution in [0.2, 0.25) is 0 Å². The number of alkyl halides is 5. The molecule has 0 saturated carbocycles. The molecule has 8 heteroatoms.